The molecule has 1 saturated carbocycles. The molecule has 2 nitrogen and oxygen atoms in total. The van der Waals surface area contributed by atoms with Crippen LogP contribution in [0.5, 0.6) is 0 Å². The second-order valence-electron chi connectivity index (χ2n) is 7.19. The van der Waals surface area contributed by atoms with Crippen molar-refractivity contribution in [2.75, 3.05) is 31.5 Å². The van der Waals surface area contributed by atoms with Gasteiger partial charge < -0.3 is 10.2 Å². The van der Waals surface area contributed by atoms with Gasteiger partial charge in [0, 0.05) is 18.8 Å². The lowest BCUT2D eigenvalue weighted by Gasteiger charge is -2.27. The van der Waals surface area contributed by atoms with E-state index in [4.69, 9.17) is 0 Å². The molecule has 1 aromatic carbocycles. The molecule has 2 fully saturated rings. The first kappa shape index (κ1) is 15.9. The standard InChI is InChI=1S/C20H32N2/c1-3-9-18(10-4-1)17-21-20-12-6-5-11-19(20)13-16-22-14-7-2-8-15-22/h5-6,11-12,18,21H,1-4,7-10,13-17H2. The zero-order chi connectivity index (χ0) is 15.0. The molecule has 22 heavy (non-hydrogen) atoms. The molecule has 0 aromatic heterocycles. The Labute approximate surface area is 136 Å². The average molecular weight is 300 g/mol. The summed E-state index contributed by atoms with van der Waals surface area (Å²) in [5, 5.41) is 3.75. The third-order valence-electron chi connectivity index (χ3n) is 5.47. The highest BCUT2D eigenvalue weighted by atomic mass is 15.1. The molecule has 1 saturated heterocycles. The number of anilines is 1. The minimum absolute atomic E-state index is 0.893. The lowest BCUT2D eigenvalue weighted by molar-refractivity contribution is 0.231. The summed E-state index contributed by atoms with van der Waals surface area (Å²) in [4.78, 5) is 2.64. The summed E-state index contributed by atoms with van der Waals surface area (Å²) in [6, 6.07) is 8.95. The topological polar surface area (TPSA) is 15.3 Å². The second kappa shape index (κ2) is 8.57. The fourth-order valence-electron chi connectivity index (χ4n) is 4.02. The van der Waals surface area contributed by atoms with Gasteiger partial charge in [0.15, 0.2) is 0 Å². The molecule has 1 aliphatic carbocycles. The molecule has 1 heterocycles. The summed E-state index contributed by atoms with van der Waals surface area (Å²) >= 11 is 0. The van der Waals surface area contributed by atoms with Crippen LogP contribution in [-0.4, -0.2) is 31.1 Å². The Morgan fingerprint density at radius 1 is 0.909 bits per heavy atom. The molecule has 1 N–H and O–H groups in total. The zero-order valence-electron chi connectivity index (χ0n) is 14.0. The maximum absolute atomic E-state index is 3.75. The predicted molar refractivity (Wildman–Crippen MR) is 95.5 cm³/mol. The van der Waals surface area contributed by atoms with Gasteiger partial charge in [-0.1, -0.05) is 43.9 Å². The van der Waals surface area contributed by atoms with E-state index in [1.807, 2.05) is 0 Å². The molecule has 0 atom stereocenters. The SMILES string of the molecule is c1ccc(NCC2CCCCC2)c(CCN2CCCCC2)c1. The summed E-state index contributed by atoms with van der Waals surface area (Å²) in [6.45, 7) is 5.00. The Kier molecular flexibility index (Phi) is 6.18. The van der Waals surface area contributed by atoms with Crippen molar-refractivity contribution in [2.45, 2.75) is 57.8 Å². The van der Waals surface area contributed by atoms with Crippen molar-refractivity contribution in [2.24, 2.45) is 5.92 Å². The van der Waals surface area contributed by atoms with E-state index in [1.165, 1.54) is 95.2 Å². The van der Waals surface area contributed by atoms with Crippen LogP contribution >= 0.6 is 0 Å². The van der Waals surface area contributed by atoms with E-state index in [1.54, 1.807) is 0 Å². The highest BCUT2D eigenvalue weighted by Gasteiger charge is 2.14. The number of hydrogen-bond acceptors (Lipinski definition) is 2. The Morgan fingerprint density at radius 3 is 2.45 bits per heavy atom. The van der Waals surface area contributed by atoms with Crippen LogP contribution in [-0.2, 0) is 6.42 Å². The molecule has 2 heteroatoms. The quantitative estimate of drug-likeness (QED) is 0.818. The second-order valence-corrected chi connectivity index (χ2v) is 7.19. The van der Waals surface area contributed by atoms with Crippen molar-refractivity contribution >= 4 is 5.69 Å². The van der Waals surface area contributed by atoms with Crippen LogP contribution in [0.4, 0.5) is 5.69 Å². The van der Waals surface area contributed by atoms with E-state index in [0.29, 0.717) is 0 Å². The van der Waals surface area contributed by atoms with Gasteiger partial charge in [0.25, 0.3) is 0 Å². The monoisotopic (exact) mass is 300 g/mol. The molecule has 0 spiro atoms. The number of piperidine rings is 1. The first-order chi connectivity index (χ1) is 10.9. The molecule has 122 valence electrons. The van der Waals surface area contributed by atoms with Gasteiger partial charge in [0.1, 0.15) is 0 Å². The van der Waals surface area contributed by atoms with E-state index in [9.17, 15) is 0 Å². The summed E-state index contributed by atoms with van der Waals surface area (Å²) < 4.78 is 0. The Balaban J connectivity index is 1.50. The molecular weight excluding hydrogens is 268 g/mol. The van der Waals surface area contributed by atoms with Crippen molar-refractivity contribution < 1.29 is 0 Å². The van der Waals surface area contributed by atoms with Gasteiger partial charge in [-0.15, -0.1) is 0 Å². The molecule has 0 amide bonds. The first-order valence-corrected chi connectivity index (χ1v) is 9.46. The van der Waals surface area contributed by atoms with E-state index in [0.717, 1.165) is 5.92 Å². The van der Waals surface area contributed by atoms with Crippen LogP contribution < -0.4 is 5.32 Å². The van der Waals surface area contributed by atoms with Crippen LogP contribution in [0.15, 0.2) is 24.3 Å². The minimum Gasteiger partial charge on any atom is -0.385 e. The Bertz CT molecular complexity index is 390. The van der Waals surface area contributed by atoms with Crippen molar-refractivity contribution in [3.05, 3.63) is 29.8 Å². The molecule has 1 aromatic rings. The molecule has 0 radical (unpaired) electrons. The molecule has 1 aliphatic heterocycles. The van der Waals surface area contributed by atoms with E-state index >= 15 is 0 Å². The van der Waals surface area contributed by atoms with Crippen molar-refractivity contribution in [1.82, 2.24) is 4.90 Å². The molecule has 3 rings (SSSR count). The fraction of sp³-hybridized carbons (Fsp3) is 0.700. The van der Waals surface area contributed by atoms with Gasteiger partial charge in [-0.3, -0.25) is 0 Å². The summed E-state index contributed by atoms with van der Waals surface area (Å²) in [6.07, 6.45) is 12.5. The predicted octanol–water partition coefficient (Wildman–Crippen LogP) is 4.71. The van der Waals surface area contributed by atoms with E-state index in [2.05, 4.69) is 34.5 Å². The van der Waals surface area contributed by atoms with Gasteiger partial charge in [-0.05, 0) is 62.7 Å². The van der Waals surface area contributed by atoms with Gasteiger partial charge in [-0.2, -0.15) is 0 Å². The zero-order valence-corrected chi connectivity index (χ0v) is 14.0. The highest BCUT2D eigenvalue weighted by molar-refractivity contribution is 5.51. The van der Waals surface area contributed by atoms with Crippen LogP contribution in [0, 0.1) is 5.92 Å². The number of nitrogens with zero attached hydrogens (tertiary/aromatic N) is 1. The van der Waals surface area contributed by atoms with E-state index < -0.39 is 0 Å². The molecule has 2 aliphatic rings. The molecule has 0 unspecified atom stereocenters. The Hall–Kier alpha value is -1.02. The number of para-hydroxylation sites is 1. The van der Waals surface area contributed by atoms with Crippen LogP contribution in [0.3, 0.4) is 0 Å². The smallest absolute Gasteiger partial charge is 0.0373 e. The minimum atomic E-state index is 0.893. The number of likely N-dealkylation sites (tertiary alicyclic amines) is 1. The number of nitrogens with one attached hydrogen (secondary N) is 1. The first-order valence-electron chi connectivity index (χ1n) is 9.46. The largest absolute Gasteiger partial charge is 0.385 e. The van der Waals surface area contributed by atoms with Crippen molar-refractivity contribution in [3.8, 4) is 0 Å². The van der Waals surface area contributed by atoms with Gasteiger partial charge in [0.2, 0.25) is 0 Å². The summed E-state index contributed by atoms with van der Waals surface area (Å²) in [5.74, 6) is 0.893. The van der Waals surface area contributed by atoms with Gasteiger partial charge >= 0.3 is 0 Å². The van der Waals surface area contributed by atoms with E-state index in [-0.39, 0.29) is 0 Å². The maximum Gasteiger partial charge on any atom is 0.0373 e. The third kappa shape index (κ3) is 4.74. The normalized spacial score (nSPS) is 20.9. The molecular formula is C20H32N2. The van der Waals surface area contributed by atoms with Gasteiger partial charge in [-0.25, -0.2) is 0 Å². The lowest BCUT2D eigenvalue weighted by atomic mass is 9.89. The van der Waals surface area contributed by atoms with Crippen LogP contribution in [0.1, 0.15) is 56.9 Å². The average Bonchev–Trinajstić information content (AvgIpc) is 2.61. The summed E-state index contributed by atoms with van der Waals surface area (Å²) in [5.41, 5.74) is 2.88. The fourth-order valence-corrected chi connectivity index (χ4v) is 4.02. The number of rotatable bonds is 6. The summed E-state index contributed by atoms with van der Waals surface area (Å²) in [7, 11) is 0. The maximum atomic E-state index is 3.75. The van der Waals surface area contributed by atoms with Crippen LogP contribution in [0.2, 0.25) is 0 Å². The van der Waals surface area contributed by atoms with Gasteiger partial charge in [0.05, 0.1) is 0 Å². The molecule has 0 bridgehead atoms. The number of hydrogen-bond donors (Lipinski definition) is 1. The lowest BCUT2D eigenvalue weighted by Crippen LogP contribution is -2.31. The number of benzene rings is 1. The Morgan fingerprint density at radius 2 is 1.64 bits per heavy atom. The van der Waals surface area contributed by atoms with Crippen LogP contribution in [0.25, 0.3) is 0 Å². The van der Waals surface area contributed by atoms with Crippen molar-refractivity contribution in [3.63, 3.8) is 0 Å². The third-order valence-corrected chi connectivity index (χ3v) is 5.47. The van der Waals surface area contributed by atoms with Crippen molar-refractivity contribution in [1.29, 1.82) is 0 Å². The highest BCUT2D eigenvalue weighted by Crippen LogP contribution is 2.25.